The summed E-state index contributed by atoms with van der Waals surface area (Å²) in [5.41, 5.74) is 5.86. The minimum atomic E-state index is 0.155. The number of hydrogen-bond donors (Lipinski definition) is 2. The standard InChI is InChI=1S/C13H26N2O2/c1-2-15(8-3-9-16)13(17)10-11-4-6-12(14)7-5-11/h11-12,16H,2-10,14H2,1H3. The molecule has 0 aromatic heterocycles. The fraction of sp³-hybridized carbons (Fsp3) is 0.923. The van der Waals surface area contributed by atoms with E-state index in [-0.39, 0.29) is 12.5 Å². The zero-order chi connectivity index (χ0) is 12.7. The molecule has 1 aliphatic rings. The van der Waals surface area contributed by atoms with Crippen LogP contribution in [-0.4, -0.2) is 41.7 Å². The van der Waals surface area contributed by atoms with Crippen LogP contribution < -0.4 is 5.73 Å². The molecule has 0 spiro atoms. The average molecular weight is 242 g/mol. The van der Waals surface area contributed by atoms with Crippen molar-refractivity contribution in [1.82, 2.24) is 4.90 Å². The lowest BCUT2D eigenvalue weighted by molar-refractivity contribution is -0.132. The second-order valence-corrected chi connectivity index (χ2v) is 5.04. The number of rotatable bonds is 6. The van der Waals surface area contributed by atoms with Crippen LogP contribution in [0.4, 0.5) is 0 Å². The summed E-state index contributed by atoms with van der Waals surface area (Å²) in [5, 5.41) is 8.79. The predicted octanol–water partition coefficient (Wildman–Crippen LogP) is 1.12. The van der Waals surface area contributed by atoms with Gasteiger partial charge in [0, 0.05) is 32.2 Å². The molecule has 1 fully saturated rings. The van der Waals surface area contributed by atoms with E-state index in [0.29, 0.717) is 31.3 Å². The summed E-state index contributed by atoms with van der Waals surface area (Å²) in [5.74, 6) is 0.756. The fourth-order valence-corrected chi connectivity index (χ4v) is 2.49. The van der Waals surface area contributed by atoms with Gasteiger partial charge in [-0.2, -0.15) is 0 Å². The van der Waals surface area contributed by atoms with Crippen molar-refractivity contribution in [2.75, 3.05) is 19.7 Å². The number of amides is 1. The van der Waals surface area contributed by atoms with Gasteiger partial charge in [-0.25, -0.2) is 0 Å². The van der Waals surface area contributed by atoms with E-state index in [1.807, 2.05) is 11.8 Å². The number of hydrogen-bond acceptors (Lipinski definition) is 3. The van der Waals surface area contributed by atoms with Crippen molar-refractivity contribution in [1.29, 1.82) is 0 Å². The quantitative estimate of drug-likeness (QED) is 0.733. The third kappa shape index (κ3) is 5.04. The Morgan fingerprint density at radius 3 is 2.53 bits per heavy atom. The molecule has 1 rings (SSSR count). The normalized spacial score (nSPS) is 24.6. The van der Waals surface area contributed by atoms with Gasteiger partial charge in [-0.3, -0.25) is 4.79 Å². The highest BCUT2D eigenvalue weighted by molar-refractivity contribution is 5.76. The van der Waals surface area contributed by atoms with E-state index >= 15 is 0 Å². The molecule has 0 heterocycles. The van der Waals surface area contributed by atoms with Gasteiger partial charge < -0.3 is 15.7 Å². The van der Waals surface area contributed by atoms with Gasteiger partial charge in [0.25, 0.3) is 0 Å². The second-order valence-electron chi connectivity index (χ2n) is 5.04. The summed E-state index contributed by atoms with van der Waals surface area (Å²) in [6.45, 7) is 3.57. The van der Waals surface area contributed by atoms with E-state index in [4.69, 9.17) is 10.8 Å². The molecule has 0 aromatic rings. The Balaban J connectivity index is 2.31. The van der Waals surface area contributed by atoms with Gasteiger partial charge in [0.15, 0.2) is 0 Å². The molecule has 0 radical (unpaired) electrons. The zero-order valence-corrected chi connectivity index (χ0v) is 10.9. The molecule has 3 N–H and O–H groups in total. The van der Waals surface area contributed by atoms with Gasteiger partial charge in [0.05, 0.1) is 0 Å². The largest absolute Gasteiger partial charge is 0.396 e. The maximum Gasteiger partial charge on any atom is 0.222 e. The molecule has 0 aromatic carbocycles. The van der Waals surface area contributed by atoms with E-state index in [1.165, 1.54) is 0 Å². The first-order valence-electron chi connectivity index (χ1n) is 6.81. The first kappa shape index (κ1) is 14.5. The molecule has 1 amide bonds. The molecule has 0 aliphatic heterocycles. The lowest BCUT2D eigenvalue weighted by Gasteiger charge is -2.28. The molecule has 17 heavy (non-hydrogen) atoms. The minimum absolute atomic E-state index is 0.155. The molecule has 1 aliphatic carbocycles. The van der Waals surface area contributed by atoms with Crippen molar-refractivity contribution in [2.24, 2.45) is 11.7 Å². The van der Waals surface area contributed by atoms with E-state index in [2.05, 4.69) is 0 Å². The van der Waals surface area contributed by atoms with Crippen LogP contribution >= 0.6 is 0 Å². The molecular weight excluding hydrogens is 216 g/mol. The molecule has 0 unspecified atom stereocenters. The van der Waals surface area contributed by atoms with Crippen LogP contribution in [0.5, 0.6) is 0 Å². The second kappa shape index (κ2) is 7.67. The van der Waals surface area contributed by atoms with Crippen LogP contribution in [0.3, 0.4) is 0 Å². The fourth-order valence-electron chi connectivity index (χ4n) is 2.49. The van der Waals surface area contributed by atoms with Crippen molar-refractivity contribution in [3.8, 4) is 0 Å². The summed E-state index contributed by atoms with van der Waals surface area (Å²) in [7, 11) is 0. The Bertz CT molecular complexity index is 225. The number of nitrogens with zero attached hydrogens (tertiary/aromatic N) is 1. The Morgan fingerprint density at radius 1 is 1.35 bits per heavy atom. The number of carbonyl (C=O) groups is 1. The molecule has 4 nitrogen and oxygen atoms in total. The Labute approximate surface area is 104 Å². The van der Waals surface area contributed by atoms with Crippen molar-refractivity contribution in [2.45, 2.75) is 51.5 Å². The van der Waals surface area contributed by atoms with Crippen molar-refractivity contribution < 1.29 is 9.90 Å². The van der Waals surface area contributed by atoms with E-state index in [9.17, 15) is 4.79 Å². The Morgan fingerprint density at radius 2 is 2.00 bits per heavy atom. The van der Waals surface area contributed by atoms with Crippen molar-refractivity contribution in [3.05, 3.63) is 0 Å². The molecule has 0 atom stereocenters. The maximum absolute atomic E-state index is 12.0. The van der Waals surface area contributed by atoms with Gasteiger partial charge in [-0.1, -0.05) is 0 Å². The highest BCUT2D eigenvalue weighted by Crippen LogP contribution is 2.26. The van der Waals surface area contributed by atoms with Crippen LogP contribution in [-0.2, 0) is 4.79 Å². The van der Waals surface area contributed by atoms with Crippen LogP contribution in [0.2, 0.25) is 0 Å². The van der Waals surface area contributed by atoms with E-state index < -0.39 is 0 Å². The third-order valence-electron chi connectivity index (χ3n) is 3.68. The number of aliphatic hydroxyl groups is 1. The number of carbonyl (C=O) groups excluding carboxylic acids is 1. The van der Waals surface area contributed by atoms with Crippen LogP contribution in [0.15, 0.2) is 0 Å². The topological polar surface area (TPSA) is 66.6 Å². The highest BCUT2D eigenvalue weighted by atomic mass is 16.3. The zero-order valence-electron chi connectivity index (χ0n) is 10.9. The van der Waals surface area contributed by atoms with Gasteiger partial charge in [-0.15, -0.1) is 0 Å². The monoisotopic (exact) mass is 242 g/mol. The van der Waals surface area contributed by atoms with Gasteiger partial charge in [0.2, 0.25) is 5.91 Å². The van der Waals surface area contributed by atoms with E-state index in [1.54, 1.807) is 0 Å². The number of nitrogens with two attached hydrogens (primary N) is 1. The predicted molar refractivity (Wildman–Crippen MR) is 68.5 cm³/mol. The summed E-state index contributed by atoms with van der Waals surface area (Å²) in [4.78, 5) is 13.9. The minimum Gasteiger partial charge on any atom is -0.396 e. The summed E-state index contributed by atoms with van der Waals surface area (Å²) in [6, 6.07) is 0.345. The van der Waals surface area contributed by atoms with Crippen LogP contribution in [0.1, 0.15) is 45.4 Å². The first-order valence-corrected chi connectivity index (χ1v) is 6.81. The average Bonchev–Trinajstić information content (AvgIpc) is 2.33. The van der Waals surface area contributed by atoms with Crippen LogP contribution in [0, 0.1) is 5.92 Å². The first-order chi connectivity index (χ1) is 8.17. The highest BCUT2D eigenvalue weighted by Gasteiger charge is 2.22. The smallest absolute Gasteiger partial charge is 0.222 e. The van der Waals surface area contributed by atoms with Gasteiger partial charge >= 0.3 is 0 Å². The van der Waals surface area contributed by atoms with Crippen molar-refractivity contribution >= 4 is 5.91 Å². The molecule has 100 valence electrons. The molecular formula is C13H26N2O2. The number of aliphatic hydroxyl groups excluding tert-OH is 1. The van der Waals surface area contributed by atoms with E-state index in [0.717, 1.165) is 32.2 Å². The Hall–Kier alpha value is -0.610. The molecule has 0 saturated heterocycles. The van der Waals surface area contributed by atoms with Gasteiger partial charge in [-0.05, 0) is 44.9 Å². The molecule has 0 bridgehead atoms. The maximum atomic E-state index is 12.0. The lowest BCUT2D eigenvalue weighted by Crippen LogP contribution is -2.35. The molecule has 1 saturated carbocycles. The SMILES string of the molecule is CCN(CCCO)C(=O)CC1CCC(N)CC1. The van der Waals surface area contributed by atoms with Crippen molar-refractivity contribution in [3.63, 3.8) is 0 Å². The Kier molecular flexibility index (Phi) is 6.52. The van der Waals surface area contributed by atoms with Gasteiger partial charge in [0.1, 0.15) is 0 Å². The third-order valence-corrected chi connectivity index (χ3v) is 3.68. The lowest BCUT2D eigenvalue weighted by atomic mass is 9.84. The summed E-state index contributed by atoms with van der Waals surface area (Å²) in [6.07, 6.45) is 5.62. The summed E-state index contributed by atoms with van der Waals surface area (Å²) < 4.78 is 0. The molecule has 4 heteroatoms. The van der Waals surface area contributed by atoms with Crippen LogP contribution in [0.25, 0.3) is 0 Å². The summed E-state index contributed by atoms with van der Waals surface area (Å²) >= 11 is 0.